The molecule has 0 atom stereocenters. The maximum atomic E-state index is 10.5. The summed E-state index contributed by atoms with van der Waals surface area (Å²) in [5.74, 6) is 0. The highest BCUT2D eigenvalue weighted by Crippen LogP contribution is 2.08. The first kappa shape index (κ1) is 12.8. The number of hydrogen-bond donors (Lipinski definition) is 0. The molecule has 0 aliphatic heterocycles. The van der Waals surface area contributed by atoms with Gasteiger partial charge in [-0.3, -0.25) is 0 Å². The Bertz CT molecular complexity index is 272. The van der Waals surface area contributed by atoms with Crippen LogP contribution in [0.15, 0.2) is 23.4 Å². The van der Waals surface area contributed by atoms with Gasteiger partial charge in [-0.1, -0.05) is 18.6 Å². The highest BCUT2D eigenvalue weighted by atomic mass is 16.1. The summed E-state index contributed by atoms with van der Waals surface area (Å²) in [6.45, 7) is 6.15. The van der Waals surface area contributed by atoms with E-state index in [2.05, 4.69) is 19.9 Å². The van der Waals surface area contributed by atoms with Gasteiger partial charge in [0, 0.05) is 18.9 Å². The Balaban J connectivity index is 4.76. The van der Waals surface area contributed by atoms with Gasteiger partial charge in [-0.25, -0.2) is 4.58 Å². The molecule has 2 nitrogen and oxygen atoms in total. The number of rotatable bonds is 5. The molecule has 0 spiro atoms. The minimum Gasteiger partial charge on any atom is -0.303 e. The molecule has 0 heterocycles. The molecule has 0 N–H and O–H groups in total. The van der Waals surface area contributed by atoms with E-state index in [1.54, 1.807) is 0 Å². The van der Waals surface area contributed by atoms with Gasteiger partial charge < -0.3 is 4.79 Å². The quantitative estimate of drug-likeness (QED) is 0.285. The van der Waals surface area contributed by atoms with Crippen LogP contribution in [0.5, 0.6) is 0 Å². The van der Waals surface area contributed by atoms with E-state index in [4.69, 9.17) is 0 Å². The van der Waals surface area contributed by atoms with Gasteiger partial charge in [0.15, 0.2) is 6.20 Å². The van der Waals surface area contributed by atoms with Gasteiger partial charge in [0.05, 0.1) is 0 Å². The standard InChI is InChI=1S/C12H20NO/c1-5-11(3)9-12(7-8-14)10-13(4)6-2/h6,8-10H,5,7H2,1-4H3/q+1. The van der Waals surface area contributed by atoms with E-state index in [-0.39, 0.29) is 0 Å². The summed E-state index contributed by atoms with van der Waals surface area (Å²) in [7, 11) is 1.96. The van der Waals surface area contributed by atoms with Crippen LogP contribution in [0.1, 0.15) is 33.6 Å². The fourth-order valence-electron chi connectivity index (χ4n) is 1.000. The van der Waals surface area contributed by atoms with Crippen LogP contribution in [-0.4, -0.2) is 24.1 Å². The van der Waals surface area contributed by atoms with Crippen LogP contribution in [0.25, 0.3) is 0 Å². The molecule has 0 radical (unpaired) electrons. The lowest BCUT2D eigenvalue weighted by Crippen LogP contribution is -1.97. The number of carbonyl (C=O) groups excluding carboxylic acids is 1. The van der Waals surface area contributed by atoms with Crippen LogP contribution in [0, 0.1) is 0 Å². The van der Waals surface area contributed by atoms with Crippen LogP contribution >= 0.6 is 0 Å². The molecule has 0 saturated carbocycles. The second kappa shape index (κ2) is 7.25. The second-order valence-electron chi connectivity index (χ2n) is 3.34. The summed E-state index contributed by atoms with van der Waals surface area (Å²) < 4.78 is 1.96. The first-order valence-electron chi connectivity index (χ1n) is 4.97. The van der Waals surface area contributed by atoms with E-state index in [0.717, 1.165) is 18.3 Å². The summed E-state index contributed by atoms with van der Waals surface area (Å²) >= 11 is 0. The van der Waals surface area contributed by atoms with Crippen molar-refractivity contribution in [3.05, 3.63) is 23.4 Å². The van der Waals surface area contributed by atoms with Crippen LogP contribution in [0.2, 0.25) is 0 Å². The topological polar surface area (TPSA) is 20.1 Å². The SMILES string of the molecule is CC=[N+](C)C=C(C=C(C)CC)CC=O. The summed E-state index contributed by atoms with van der Waals surface area (Å²) in [4.78, 5) is 10.5. The van der Waals surface area contributed by atoms with Crippen molar-refractivity contribution in [2.24, 2.45) is 0 Å². The largest absolute Gasteiger partial charge is 0.303 e. The monoisotopic (exact) mass is 194 g/mol. The van der Waals surface area contributed by atoms with Crippen molar-refractivity contribution in [3.8, 4) is 0 Å². The zero-order valence-corrected chi connectivity index (χ0v) is 9.58. The molecule has 0 aromatic carbocycles. The average Bonchev–Trinajstić information content (AvgIpc) is 2.17. The zero-order valence-electron chi connectivity index (χ0n) is 9.58. The predicted molar refractivity (Wildman–Crippen MR) is 60.7 cm³/mol. The maximum absolute atomic E-state index is 10.5. The van der Waals surface area contributed by atoms with Gasteiger partial charge in [0.25, 0.3) is 0 Å². The lowest BCUT2D eigenvalue weighted by molar-refractivity contribution is -0.418. The van der Waals surface area contributed by atoms with E-state index < -0.39 is 0 Å². The minimum atomic E-state index is 0.482. The van der Waals surface area contributed by atoms with Crippen LogP contribution in [0.4, 0.5) is 0 Å². The van der Waals surface area contributed by atoms with E-state index in [1.807, 2.05) is 31.0 Å². The molecule has 0 aromatic heterocycles. The molecule has 0 fully saturated rings. The van der Waals surface area contributed by atoms with Crippen molar-refractivity contribution >= 4 is 12.5 Å². The number of aldehydes is 1. The lowest BCUT2D eigenvalue weighted by atomic mass is 10.1. The molecule has 0 bridgehead atoms. The Morgan fingerprint density at radius 3 is 2.50 bits per heavy atom. The van der Waals surface area contributed by atoms with Crippen molar-refractivity contribution in [3.63, 3.8) is 0 Å². The molecule has 0 unspecified atom stereocenters. The predicted octanol–water partition coefficient (Wildman–Crippen LogP) is 2.55. The van der Waals surface area contributed by atoms with Gasteiger partial charge >= 0.3 is 0 Å². The summed E-state index contributed by atoms with van der Waals surface area (Å²) in [5.41, 5.74) is 2.35. The number of nitrogens with zero attached hydrogens (tertiary/aromatic N) is 1. The fraction of sp³-hybridized carbons (Fsp3) is 0.500. The van der Waals surface area contributed by atoms with Crippen LogP contribution < -0.4 is 0 Å². The second-order valence-corrected chi connectivity index (χ2v) is 3.34. The first-order valence-corrected chi connectivity index (χ1v) is 4.97. The van der Waals surface area contributed by atoms with Crippen molar-refractivity contribution in [2.45, 2.75) is 33.6 Å². The highest BCUT2D eigenvalue weighted by molar-refractivity contribution is 5.56. The molecule has 0 aliphatic rings. The van der Waals surface area contributed by atoms with Crippen molar-refractivity contribution < 1.29 is 9.37 Å². The zero-order chi connectivity index (χ0) is 11.0. The average molecular weight is 194 g/mol. The van der Waals surface area contributed by atoms with E-state index in [0.29, 0.717) is 6.42 Å². The Kier molecular flexibility index (Phi) is 6.63. The highest BCUT2D eigenvalue weighted by Gasteiger charge is 1.98. The molecule has 78 valence electrons. The van der Waals surface area contributed by atoms with E-state index >= 15 is 0 Å². The van der Waals surface area contributed by atoms with Gasteiger partial charge in [0.1, 0.15) is 19.5 Å². The number of allylic oxidation sites excluding steroid dienone is 3. The van der Waals surface area contributed by atoms with Gasteiger partial charge in [0.2, 0.25) is 0 Å². The fourth-order valence-corrected chi connectivity index (χ4v) is 1.000. The molecular formula is C12H20NO+. The molecular weight excluding hydrogens is 174 g/mol. The summed E-state index contributed by atoms with van der Waals surface area (Å²) in [5, 5.41) is 0. The van der Waals surface area contributed by atoms with Crippen LogP contribution in [-0.2, 0) is 4.79 Å². The molecule has 14 heavy (non-hydrogen) atoms. The smallest absolute Gasteiger partial charge is 0.171 e. The van der Waals surface area contributed by atoms with E-state index in [9.17, 15) is 4.79 Å². The van der Waals surface area contributed by atoms with Gasteiger partial charge in [-0.05, 0) is 13.3 Å². The van der Waals surface area contributed by atoms with Crippen molar-refractivity contribution in [2.75, 3.05) is 7.05 Å². The molecule has 0 saturated heterocycles. The molecule has 2 heteroatoms. The Labute approximate surface area is 86.6 Å². The number of hydrogen-bond acceptors (Lipinski definition) is 1. The summed E-state index contributed by atoms with van der Waals surface area (Å²) in [6, 6.07) is 0. The third-order valence-electron chi connectivity index (χ3n) is 2.09. The van der Waals surface area contributed by atoms with Crippen molar-refractivity contribution in [1.29, 1.82) is 0 Å². The molecule has 0 aromatic rings. The Morgan fingerprint density at radius 1 is 1.43 bits per heavy atom. The van der Waals surface area contributed by atoms with Gasteiger partial charge in [-0.15, -0.1) is 0 Å². The third-order valence-corrected chi connectivity index (χ3v) is 2.09. The van der Waals surface area contributed by atoms with Crippen LogP contribution in [0.3, 0.4) is 0 Å². The van der Waals surface area contributed by atoms with E-state index in [1.165, 1.54) is 5.57 Å². The maximum Gasteiger partial charge on any atom is 0.171 e. The number of carbonyl (C=O) groups is 1. The Morgan fingerprint density at radius 2 is 2.07 bits per heavy atom. The molecule has 0 amide bonds. The Hall–Kier alpha value is -1.18. The third kappa shape index (κ3) is 5.46. The van der Waals surface area contributed by atoms with Gasteiger partial charge in [-0.2, -0.15) is 0 Å². The lowest BCUT2D eigenvalue weighted by Gasteiger charge is -1.97. The minimum absolute atomic E-state index is 0.482. The first-order chi connectivity index (χ1) is 6.63. The summed E-state index contributed by atoms with van der Waals surface area (Å²) in [6.07, 6.45) is 8.46. The molecule has 0 rings (SSSR count). The molecule has 0 aliphatic carbocycles. The van der Waals surface area contributed by atoms with Crippen molar-refractivity contribution in [1.82, 2.24) is 0 Å². The normalized spacial score (nSPS) is 14.4.